The number of likely N-dealkylation sites (tertiary alicyclic amines) is 1. The van der Waals surface area contributed by atoms with Crippen LogP contribution in [0.15, 0.2) is 47.4 Å². The van der Waals surface area contributed by atoms with Crippen molar-refractivity contribution in [3.05, 3.63) is 59.4 Å². The van der Waals surface area contributed by atoms with E-state index < -0.39 is 61.1 Å². The number of carboxylic acid groups (broad SMARTS) is 1. The number of nitrogens with one attached hydrogen (secondary N) is 1. The van der Waals surface area contributed by atoms with E-state index in [1.54, 1.807) is 0 Å². The molecule has 0 aromatic heterocycles. The van der Waals surface area contributed by atoms with Gasteiger partial charge in [-0.05, 0) is 86.3 Å². The van der Waals surface area contributed by atoms with Crippen molar-refractivity contribution >= 4 is 27.9 Å². The van der Waals surface area contributed by atoms with Crippen LogP contribution in [0.4, 0.5) is 40.8 Å². The van der Waals surface area contributed by atoms with E-state index in [4.69, 9.17) is 9.90 Å². The van der Waals surface area contributed by atoms with Gasteiger partial charge in [0.1, 0.15) is 10.6 Å². The third-order valence-corrected chi connectivity index (χ3v) is 13.3. The zero-order chi connectivity index (χ0) is 34.8. The first kappa shape index (κ1) is 34.9. The molecule has 7 rings (SSSR count). The molecule has 3 saturated carbocycles. The van der Waals surface area contributed by atoms with Gasteiger partial charge in [0, 0.05) is 29.8 Å². The van der Waals surface area contributed by atoms with E-state index in [-0.39, 0.29) is 47.8 Å². The van der Waals surface area contributed by atoms with Crippen LogP contribution in [-0.2, 0) is 29.8 Å². The number of fused-ring (bicyclic) bond motifs is 6. The molecule has 2 aromatic rings. The second-order valence-corrected chi connectivity index (χ2v) is 15.3. The van der Waals surface area contributed by atoms with Crippen LogP contribution in [0.5, 0.6) is 0 Å². The first-order valence-corrected chi connectivity index (χ1v) is 16.3. The highest BCUT2D eigenvalue weighted by Gasteiger charge is 2.74. The molecule has 47 heavy (non-hydrogen) atoms. The van der Waals surface area contributed by atoms with Gasteiger partial charge < -0.3 is 15.3 Å². The lowest BCUT2D eigenvalue weighted by Gasteiger charge is -2.53. The van der Waals surface area contributed by atoms with Crippen molar-refractivity contribution in [2.45, 2.75) is 85.6 Å². The van der Waals surface area contributed by atoms with Crippen molar-refractivity contribution in [2.24, 2.45) is 10.8 Å². The van der Waals surface area contributed by atoms with Gasteiger partial charge >= 0.3 is 18.0 Å². The van der Waals surface area contributed by atoms with Gasteiger partial charge in [-0.1, -0.05) is 19.1 Å². The molecule has 7 nitrogen and oxygen atoms in total. The number of alkyl halides is 7. The molecule has 0 radical (unpaired) electrons. The van der Waals surface area contributed by atoms with Crippen LogP contribution < -0.4 is 5.32 Å². The van der Waals surface area contributed by atoms with Gasteiger partial charge in [0.2, 0.25) is 5.91 Å². The van der Waals surface area contributed by atoms with Crippen molar-refractivity contribution in [1.29, 1.82) is 0 Å². The minimum atomic E-state index is -6.36. The highest BCUT2D eigenvalue weighted by molar-refractivity contribution is 7.92. The molecular weight excluding hydrogens is 664 g/mol. The monoisotopic (exact) mass is 696 g/mol. The maximum atomic E-state index is 15.0. The summed E-state index contributed by atoms with van der Waals surface area (Å²) in [6.07, 6.45) is -8.54. The van der Waals surface area contributed by atoms with Gasteiger partial charge in [0.15, 0.2) is 9.84 Å². The number of carbonyl (C=O) groups excluding carboxylic acids is 1. The molecular formula is C31H32F8N2O5S. The predicted octanol–water partition coefficient (Wildman–Crippen LogP) is 6.87. The number of sulfone groups is 1. The topological polar surface area (TPSA) is 104 Å². The molecule has 2 atom stereocenters. The van der Waals surface area contributed by atoms with Crippen LogP contribution in [0.3, 0.4) is 0 Å². The zero-order valence-electron chi connectivity index (χ0n) is 25.0. The van der Waals surface area contributed by atoms with E-state index in [2.05, 4.69) is 12.2 Å². The molecule has 2 heterocycles. The Kier molecular flexibility index (Phi) is 8.41. The summed E-state index contributed by atoms with van der Waals surface area (Å²) in [6.45, 7) is 1.56. The minimum absolute atomic E-state index is 0.0377. The molecule has 1 amide bonds. The van der Waals surface area contributed by atoms with E-state index in [0.29, 0.717) is 31.4 Å². The Balaban J connectivity index is 0.00000139. The molecule has 2 bridgehead atoms. The molecule has 2 N–H and O–H groups in total. The Morgan fingerprint density at radius 2 is 1.45 bits per heavy atom. The van der Waals surface area contributed by atoms with E-state index in [1.807, 2.05) is 0 Å². The normalized spacial score (nSPS) is 28.8. The number of amides is 1. The molecule has 0 spiro atoms. The largest absolute Gasteiger partial charge is 0.483 e. The van der Waals surface area contributed by atoms with Crippen molar-refractivity contribution in [3.63, 3.8) is 0 Å². The Bertz CT molecular complexity index is 1620. The van der Waals surface area contributed by atoms with Crippen LogP contribution >= 0.6 is 0 Å². The lowest BCUT2D eigenvalue weighted by Crippen LogP contribution is -2.59. The Morgan fingerprint density at radius 1 is 0.915 bits per heavy atom. The van der Waals surface area contributed by atoms with Crippen LogP contribution in [0.2, 0.25) is 0 Å². The maximum Gasteiger partial charge on any atom is 0.435 e. The number of hydrogen-bond donors (Lipinski definition) is 2. The van der Waals surface area contributed by atoms with Crippen LogP contribution in [0, 0.1) is 16.6 Å². The second-order valence-electron chi connectivity index (χ2n) is 13.1. The Hall–Kier alpha value is -3.43. The van der Waals surface area contributed by atoms with Gasteiger partial charge in [-0.15, -0.1) is 0 Å². The molecule has 3 aliphatic carbocycles. The fourth-order valence-electron chi connectivity index (χ4n) is 7.94. The minimum Gasteiger partial charge on any atom is -0.483 e. The quantitative estimate of drug-likeness (QED) is 0.206. The van der Waals surface area contributed by atoms with Crippen LogP contribution in [-0.4, -0.2) is 62.3 Å². The predicted molar refractivity (Wildman–Crippen MR) is 152 cm³/mol. The lowest BCUT2D eigenvalue weighted by molar-refractivity contribution is -0.348. The summed E-state index contributed by atoms with van der Waals surface area (Å²) in [4.78, 5) is 23.8. The first-order chi connectivity index (χ1) is 21.7. The van der Waals surface area contributed by atoms with E-state index in [9.17, 15) is 43.9 Å². The summed E-state index contributed by atoms with van der Waals surface area (Å²) in [6, 6.07) is 4.23. The first-order valence-electron chi connectivity index (χ1n) is 14.8. The molecule has 2 aliphatic heterocycles. The second kappa shape index (κ2) is 11.3. The van der Waals surface area contributed by atoms with Crippen LogP contribution in [0.25, 0.3) is 0 Å². The number of nitrogens with zero attached hydrogens (tertiary/aromatic N) is 1. The molecule has 2 aromatic carbocycles. The average molecular weight is 697 g/mol. The fraction of sp³-hybridized carbons (Fsp3) is 0.548. The summed E-state index contributed by atoms with van der Waals surface area (Å²) in [5.41, 5.74) is -8.62. The van der Waals surface area contributed by atoms with Gasteiger partial charge in [-0.2, -0.15) is 26.3 Å². The Labute approximate surface area is 265 Å². The van der Waals surface area contributed by atoms with Crippen molar-refractivity contribution in [2.75, 3.05) is 18.4 Å². The molecule has 258 valence electrons. The highest BCUT2D eigenvalue weighted by Crippen LogP contribution is 2.60. The number of anilines is 1. The third kappa shape index (κ3) is 5.16. The Morgan fingerprint density at radius 3 is 1.96 bits per heavy atom. The lowest BCUT2D eigenvalue weighted by atomic mass is 9.54. The van der Waals surface area contributed by atoms with Gasteiger partial charge in [-0.25, -0.2) is 17.2 Å². The van der Waals surface area contributed by atoms with Gasteiger partial charge in [0.25, 0.3) is 6.47 Å². The van der Waals surface area contributed by atoms with Crippen molar-refractivity contribution in [1.82, 2.24) is 4.90 Å². The summed E-state index contributed by atoms with van der Waals surface area (Å²) < 4.78 is 137. The number of halogens is 8. The van der Waals surface area contributed by atoms with Crippen molar-refractivity contribution in [3.8, 4) is 0 Å². The molecule has 4 fully saturated rings. The highest BCUT2D eigenvalue weighted by atomic mass is 32.2. The molecule has 5 aliphatic rings. The van der Waals surface area contributed by atoms with E-state index >= 15 is 4.39 Å². The van der Waals surface area contributed by atoms with E-state index in [1.165, 1.54) is 4.90 Å². The SMILES string of the molecule is CC12CCC(C(=O)N3CCC4(S(=O)(=O)c5ccc(F)cc5)c5ccc(C(F)(C(F)(F)F)C(F)(F)F)cc5NCC34)(CC1)CC2.O=CO. The van der Waals surface area contributed by atoms with Gasteiger partial charge in [0.05, 0.1) is 10.9 Å². The zero-order valence-corrected chi connectivity index (χ0v) is 25.8. The summed E-state index contributed by atoms with van der Waals surface area (Å²) in [7, 11) is -4.56. The smallest absolute Gasteiger partial charge is 0.435 e. The molecule has 2 unspecified atom stereocenters. The van der Waals surface area contributed by atoms with E-state index in [0.717, 1.165) is 49.6 Å². The average Bonchev–Trinajstić information content (AvgIpc) is 3.42. The van der Waals surface area contributed by atoms with Crippen LogP contribution in [0.1, 0.15) is 63.0 Å². The summed E-state index contributed by atoms with van der Waals surface area (Å²) in [5.74, 6) is -0.949. The van der Waals surface area contributed by atoms with Crippen molar-refractivity contribution < 1.29 is 58.2 Å². The third-order valence-electron chi connectivity index (χ3n) is 10.7. The number of carbonyl (C=O) groups is 2. The fourth-order valence-corrected chi connectivity index (χ4v) is 10.3. The summed E-state index contributed by atoms with van der Waals surface area (Å²) in [5, 5.41) is 9.61. The molecule has 1 saturated heterocycles. The van der Waals surface area contributed by atoms with Gasteiger partial charge in [-0.3, -0.25) is 9.59 Å². The standard InChI is InChI=1S/C30H30F8N2O3S.CH2O2/c1-25-8-11-26(12-9-25,13-10-25)24(41)40-15-14-27(44(42,43)20-5-3-19(31)4-6-20)21-7-2-18(16-22(21)39-17-23(27)40)28(32,29(33,34)35)30(36,37)38;2-1-3/h2-7,16,23,39H,8-15,17H2,1H3;1H,(H,2,3). The molecule has 16 heteroatoms. The number of benzene rings is 2. The summed E-state index contributed by atoms with van der Waals surface area (Å²) >= 11 is 0. The maximum absolute atomic E-state index is 15.0. The number of hydrogen-bond acceptors (Lipinski definition) is 5. The number of rotatable bonds is 4.